The Morgan fingerprint density at radius 1 is 1.41 bits per heavy atom. The lowest BCUT2D eigenvalue weighted by atomic mass is 10.1. The molecule has 0 fully saturated rings. The van der Waals surface area contributed by atoms with Crippen LogP contribution in [-0.2, 0) is 6.42 Å². The summed E-state index contributed by atoms with van der Waals surface area (Å²) in [5.41, 5.74) is 1.50. The quantitative estimate of drug-likeness (QED) is 0.721. The standard InChI is InChI=1S/C15H14BrN3O2S/c1-3-4-12-18-19-15(22-12)17-14(20)13-8(2)10-7-9(16)5-6-11(10)21-13/h5-7H,3-4H2,1-2H3,(H,17,19,20). The van der Waals surface area contributed by atoms with E-state index in [2.05, 4.69) is 38.4 Å². The molecule has 1 aromatic carbocycles. The second-order valence-electron chi connectivity index (χ2n) is 4.90. The van der Waals surface area contributed by atoms with E-state index in [1.54, 1.807) is 0 Å². The van der Waals surface area contributed by atoms with Crippen LogP contribution in [0.2, 0.25) is 0 Å². The van der Waals surface area contributed by atoms with E-state index in [0.29, 0.717) is 16.5 Å². The summed E-state index contributed by atoms with van der Waals surface area (Å²) in [5, 5.41) is 13.1. The van der Waals surface area contributed by atoms with Crippen molar-refractivity contribution >= 4 is 49.3 Å². The Hall–Kier alpha value is -1.73. The molecule has 0 atom stereocenters. The summed E-state index contributed by atoms with van der Waals surface area (Å²) in [6.45, 7) is 3.95. The summed E-state index contributed by atoms with van der Waals surface area (Å²) in [4.78, 5) is 12.4. The molecule has 0 aliphatic rings. The highest BCUT2D eigenvalue weighted by Gasteiger charge is 2.19. The molecule has 0 spiro atoms. The van der Waals surface area contributed by atoms with Crippen LogP contribution >= 0.6 is 27.3 Å². The van der Waals surface area contributed by atoms with E-state index in [0.717, 1.165) is 33.3 Å². The normalized spacial score (nSPS) is 11.0. The number of halogens is 1. The van der Waals surface area contributed by atoms with Crippen LogP contribution in [0.1, 0.15) is 34.5 Å². The van der Waals surface area contributed by atoms with E-state index >= 15 is 0 Å². The fraction of sp³-hybridized carbons (Fsp3) is 0.267. The first-order chi connectivity index (χ1) is 10.6. The average Bonchev–Trinajstić information content (AvgIpc) is 3.05. The summed E-state index contributed by atoms with van der Waals surface area (Å²) < 4.78 is 6.61. The molecule has 22 heavy (non-hydrogen) atoms. The number of nitrogens with zero attached hydrogens (tertiary/aromatic N) is 2. The second-order valence-corrected chi connectivity index (χ2v) is 6.88. The Balaban J connectivity index is 1.86. The van der Waals surface area contributed by atoms with E-state index in [4.69, 9.17) is 4.42 Å². The maximum atomic E-state index is 12.4. The van der Waals surface area contributed by atoms with Gasteiger partial charge in [0.2, 0.25) is 5.13 Å². The molecule has 0 unspecified atom stereocenters. The Morgan fingerprint density at radius 2 is 2.23 bits per heavy atom. The largest absolute Gasteiger partial charge is 0.451 e. The number of aromatic nitrogens is 2. The number of fused-ring (bicyclic) bond motifs is 1. The number of benzene rings is 1. The topological polar surface area (TPSA) is 68.0 Å². The van der Waals surface area contributed by atoms with Gasteiger partial charge in [-0.2, -0.15) is 0 Å². The van der Waals surface area contributed by atoms with E-state index in [1.165, 1.54) is 11.3 Å². The predicted molar refractivity (Wildman–Crippen MR) is 90.5 cm³/mol. The van der Waals surface area contributed by atoms with Crippen molar-refractivity contribution in [3.05, 3.63) is 39.0 Å². The van der Waals surface area contributed by atoms with E-state index < -0.39 is 0 Å². The molecule has 0 aliphatic heterocycles. The first-order valence-corrected chi connectivity index (χ1v) is 8.52. The Morgan fingerprint density at radius 3 is 3.00 bits per heavy atom. The number of rotatable bonds is 4. The van der Waals surface area contributed by atoms with Crippen molar-refractivity contribution in [3.8, 4) is 0 Å². The van der Waals surface area contributed by atoms with Crippen LogP contribution in [0.4, 0.5) is 5.13 Å². The summed E-state index contributed by atoms with van der Waals surface area (Å²) in [6.07, 6.45) is 1.87. The Labute approximate surface area is 139 Å². The molecule has 114 valence electrons. The summed E-state index contributed by atoms with van der Waals surface area (Å²) in [5.74, 6) is 0.00404. The number of carbonyl (C=O) groups is 1. The molecule has 7 heteroatoms. The van der Waals surface area contributed by atoms with Crippen LogP contribution < -0.4 is 5.32 Å². The molecule has 0 radical (unpaired) electrons. The third kappa shape index (κ3) is 2.91. The average molecular weight is 380 g/mol. The zero-order valence-corrected chi connectivity index (χ0v) is 14.5. The van der Waals surface area contributed by atoms with Crippen molar-refractivity contribution in [2.75, 3.05) is 5.32 Å². The lowest BCUT2D eigenvalue weighted by molar-refractivity contribution is 0.0998. The number of anilines is 1. The smallest absolute Gasteiger partial charge is 0.293 e. The molecule has 0 bridgehead atoms. The van der Waals surface area contributed by atoms with Gasteiger partial charge in [0.25, 0.3) is 5.91 Å². The molecular weight excluding hydrogens is 366 g/mol. The molecule has 0 saturated carbocycles. The summed E-state index contributed by atoms with van der Waals surface area (Å²) in [7, 11) is 0. The maximum Gasteiger partial charge on any atom is 0.293 e. The predicted octanol–water partition coefficient (Wildman–Crippen LogP) is 4.56. The maximum absolute atomic E-state index is 12.4. The van der Waals surface area contributed by atoms with Crippen LogP contribution in [-0.4, -0.2) is 16.1 Å². The van der Waals surface area contributed by atoms with Crippen molar-refractivity contribution in [2.45, 2.75) is 26.7 Å². The Bertz CT molecular complexity index is 841. The monoisotopic (exact) mass is 379 g/mol. The van der Waals surface area contributed by atoms with Crippen molar-refractivity contribution in [3.63, 3.8) is 0 Å². The zero-order valence-electron chi connectivity index (χ0n) is 12.1. The van der Waals surface area contributed by atoms with Gasteiger partial charge in [0, 0.05) is 21.8 Å². The van der Waals surface area contributed by atoms with Gasteiger partial charge < -0.3 is 4.42 Å². The first-order valence-electron chi connectivity index (χ1n) is 6.91. The molecule has 1 N–H and O–H groups in total. The summed E-state index contributed by atoms with van der Waals surface area (Å²) >= 11 is 4.82. The molecular formula is C15H14BrN3O2S. The van der Waals surface area contributed by atoms with E-state index in [-0.39, 0.29) is 5.91 Å². The van der Waals surface area contributed by atoms with Crippen molar-refractivity contribution in [1.29, 1.82) is 0 Å². The minimum atomic E-state index is -0.302. The number of amides is 1. The highest BCUT2D eigenvalue weighted by molar-refractivity contribution is 9.10. The van der Waals surface area contributed by atoms with Gasteiger partial charge >= 0.3 is 0 Å². The lowest BCUT2D eigenvalue weighted by Gasteiger charge is -1.98. The minimum absolute atomic E-state index is 0.302. The van der Waals surface area contributed by atoms with Gasteiger partial charge in [0.15, 0.2) is 5.76 Å². The van der Waals surface area contributed by atoms with Crippen LogP contribution in [0.5, 0.6) is 0 Å². The number of hydrogen-bond donors (Lipinski definition) is 1. The van der Waals surface area contributed by atoms with Crippen molar-refractivity contribution < 1.29 is 9.21 Å². The third-order valence-corrected chi connectivity index (χ3v) is 4.65. The number of nitrogens with one attached hydrogen (secondary N) is 1. The van der Waals surface area contributed by atoms with Gasteiger partial charge in [-0.1, -0.05) is 34.2 Å². The van der Waals surface area contributed by atoms with Gasteiger partial charge in [0.05, 0.1) is 0 Å². The highest BCUT2D eigenvalue weighted by Crippen LogP contribution is 2.28. The molecule has 2 aromatic heterocycles. The van der Waals surface area contributed by atoms with Crippen LogP contribution in [0.3, 0.4) is 0 Å². The highest BCUT2D eigenvalue weighted by atomic mass is 79.9. The zero-order chi connectivity index (χ0) is 15.7. The third-order valence-electron chi connectivity index (χ3n) is 3.26. The molecule has 0 aliphatic carbocycles. The first kappa shape index (κ1) is 15.2. The van der Waals surface area contributed by atoms with Crippen molar-refractivity contribution in [2.24, 2.45) is 0 Å². The molecule has 5 nitrogen and oxygen atoms in total. The number of furan rings is 1. The van der Waals surface area contributed by atoms with Gasteiger partial charge in [-0.05, 0) is 31.5 Å². The van der Waals surface area contributed by atoms with Gasteiger partial charge in [-0.15, -0.1) is 10.2 Å². The fourth-order valence-electron chi connectivity index (χ4n) is 2.18. The van der Waals surface area contributed by atoms with Crippen molar-refractivity contribution in [1.82, 2.24) is 10.2 Å². The second kappa shape index (κ2) is 6.18. The van der Waals surface area contributed by atoms with Gasteiger partial charge in [0.1, 0.15) is 10.6 Å². The minimum Gasteiger partial charge on any atom is -0.451 e. The Kier molecular flexibility index (Phi) is 4.26. The number of aryl methyl sites for hydroxylation is 2. The van der Waals surface area contributed by atoms with Crippen LogP contribution in [0, 0.1) is 6.92 Å². The van der Waals surface area contributed by atoms with E-state index in [1.807, 2.05) is 25.1 Å². The molecule has 3 rings (SSSR count). The van der Waals surface area contributed by atoms with Gasteiger partial charge in [-0.3, -0.25) is 10.1 Å². The lowest BCUT2D eigenvalue weighted by Crippen LogP contribution is -2.11. The molecule has 3 aromatic rings. The number of hydrogen-bond acceptors (Lipinski definition) is 5. The molecule has 0 saturated heterocycles. The number of carbonyl (C=O) groups excluding carboxylic acids is 1. The molecule has 1 amide bonds. The van der Waals surface area contributed by atoms with E-state index in [9.17, 15) is 4.79 Å². The summed E-state index contributed by atoms with van der Waals surface area (Å²) in [6, 6.07) is 5.66. The molecule has 2 heterocycles. The van der Waals surface area contributed by atoms with Gasteiger partial charge in [-0.25, -0.2) is 0 Å². The SMILES string of the molecule is CCCc1nnc(NC(=O)c2oc3ccc(Br)cc3c2C)s1. The van der Waals surface area contributed by atoms with Crippen LogP contribution in [0.25, 0.3) is 11.0 Å². The van der Waals surface area contributed by atoms with Crippen LogP contribution in [0.15, 0.2) is 27.1 Å². The fourth-order valence-corrected chi connectivity index (χ4v) is 3.38.